The molecule has 292 valence electrons. The molecule has 0 aliphatic heterocycles. The molecule has 0 unspecified atom stereocenters. The quantitative estimate of drug-likeness (QED) is 0.0282. The molecule has 0 saturated carbocycles. The van der Waals surface area contributed by atoms with E-state index in [1.54, 1.807) is 20.8 Å². The van der Waals surface area contributed by atoms with E-state index in [1.165, 1.54) is 0 Å². The molecule has 0 heterocycles. The maximum Gasteiger partial charge on any atom is 0.431 e. The van der Waals surface area contributed by atoms with Gasteiger partial charge in [0.05, 0.1) is 72.1 Å². The van der Waals surface area contributed by atoms with Crippen molar-refractivity contribution in [2.75, 3.05) is 106 Å². The van der Waals surface area contributed by atoms with Gasteiger partial charge in [0.2, 0.25) is 11.8 Å². The summed E-state index contributed by atoms with van der Waals surface area (Å²) in [5, 5.41) is 12.2. The van der Waals surface area contributed by atoms with Crippen molar-refractivity contribution in [1.29, 1.82) is 0 Å². The molecule has 0 aromatic heterocycles. The minimum atomic E-state index is -0.739. The molecule has 0 bridgehead atoms. The predicted molar refractivity (Wildman–Crippen MR) is 181 cm³/mol. The van der Waals surface area contributed by atoms with Gasteiger partial charge in [-0.25, -0.2) is 4.79 Å². The van der Waals surface area contributed by atoms with Crippen molar-refractivity contribution in [3.05, 3.63) is 20.9 Å². The molecule has 0 spiro atoms. The number of hydrogen-bond donors (Lipinski definition) is 3. The number of ether oxygens (including phenoxy) is 7. The molecule has 0 aromatic carbocycles. The van der Waals surface area contributed by atoms with Gasteiger partial charge in [-0.3, -0.25) is 19.2 Å². The van der Waals surface area contributed by atoms with Gasteiger partial charge in [0.1, 0.15) is 18.8 Å². The smallest absolute Gasteiger partial charge is 0.431 e. The highest BCUT2D eigenvalue weighted by Gasteiger charge is 2.20. The maximum absolute atomic E-state index is 13.0. The molecule has 3 N–H and O–H groups in total. The number of unbranched alkanes of at least 4 members (excludes halogenated alkanes) is 1. The molecular weight excluding hydrogens is 678 g/mol. The number of hydroxylamine groups is 1. The number of nitrogens with zero attached hydrogens (tertiary/aromatic N) is 6. The summed E-state index contributed by atoms with van der Waals surface area (Å²) < 4.78 is 36.9. The summed E-state index contributed by atoms with van der Waals surface area (Å²) in [6.45, 7) is 8.20. The molecule has 1 atom stereocenters. The number of nitrogens with one attached hydrogen (secondary N) is 3. The van der Waals surface area contributed by atoms with E-state index in [1.807, 2.05) is 0 Å². The van der Waals surface area contributed by atoms with Gasteiger partial charge >= 0.3 is 6.09 Å². The van der Waals surface area contributed by atoms with Crippen molar-refractivity contribution >= 4 is 23.7 Å². The van der Waals surface area contributed by atoms with E-state index >= 15 is 0 Å². The Bertz CT molecular complexity index is 1050. The van der Waals surface area contributed by atoms with Crippen molar-refractivity contribution in [2.24, 2.45) is 10.2 Å². The number of azide groups is 2. The monoisotopic (exact) mass is 733 g/mol. The van der Waals surface area contributed by atoms with Crippen LogP contribution in [0.25, 0.3) is 20.9 Å². The first-order valence-electron chi connectivity index (χ1n) is 16.8. The van der Waals surface area contributed by atoms with Crippen LogP contribution in [0.3, 0.4) is 0 Å². The van der Waals surface area contributed by atoms with E-state index in [0.29, 0.717) is 52.0 Å². The number of carbonyl (C=O) groups is 4. The topological polar surface area (TPSA) is 276 Å². The normalized spacial score (nSPS) is 11.5. The fraction of sp³-hybridized carbons (Fsp3) is 0.867. The summed E-state index contributed by atoms with van der Waals surface area (Å²) in [6, 6.07) is -0.739. The molecule has 21 nitrogen and oxygen atoms in total. The standard InChI is InChI=1S/C30H55N9O12/c1-30(2,3)51-29(43)37-50-22-21-47-16-15-44-12-6-8-26(40)25(36-28(42)24-49-20-18-46-14-11-35-39-32)7-4-5-9-33-27(41)23-48-19-17-45-13-10-34-38-31/h25H,4-24H2,1-3H3,(H,33,41)(H,36,42)(H,37,43)/t25-/m0/s1. The van der Waals surface area contributed by atoms with Crippen molar-refractivity contribution in [3.63, 3.8) is 0 Å². The van der Waals surface area contributed by atoms with Crippen LogP contribution in [0.2, 0.25) is 0 Å². The lowest BCUT2D eigenvalue weighted by molar-refractivity contribution is -0.131. The number of rotatable bonds is 34. The Balaban J connectivity index is 4.36. The molecule has 3 amide bonds. The first-order valence-corrected chi connectivity index (χ1v) is 16.8. The van der Waals surface area contributed by atoms with Gasteiger partial charge in [0.25, 0.3) is 0 Å². The predicted octanol–water partition coefficient (Wildman–Crippen LogP) is 2.28. The molecular formula is C30H55N9O12. The van der Waals surface area contributed by atoms with Gasteiger partial charge in [-0.1, -0.05) is 10.2 Å². The molecule has 51 heavy (non-hydrogen) atoms. The lowest BCUT2D eigenvalue weighted by Crippen LogP contribution is -2.42. The molecule has 0 aliphatic rings. The van der Waals surface area contributed by atoms with Crippen LogP contribution in [-0.4, -0.2) is 141 Å². The summed E-state index contributed by atoms with van der Waals surface area (Å²) >= 11 is 0. The van der Waals surface area contributed by atoms with E-state index in [4.69, 9.17) is 49.1 Å². The Kier molecular flexibility index (Phi) is 30.9. The maximum atomic E-state index is 13.0. The van der Waals surface area contributed by atoms with E-state index in [-0.39, 0.29) is 97.3 Å². The molecule has 0 aromatic rings. The van der Waals surface area contributed by atoms with Gasteiger partial charge in [-0.2, -0.15) is 5.48 Å². The Hall–Kier alpha value is -3.78. The highest BCUT2D eigenvalue weighted by atomic mass is 16.7. The van der Waals surface area contributed by atoms with Gasteiger partial charge in [0.15, 0.2) is 5.78 Å². The number of ketones is 1. The second-order valence-electron chi connectivity index (χ2n) is 11.5. The minimum absolute atomic E-state index is 0.123. The lowest BCUT2D eigenvalue weighted by atomic mass is 10.0. The zero-order valence-corrected chi connectivity index (χ0v) is 30.0. The number of hydrogen-bond acceptors (Lipinski definition) is 14. The molecule has 0 rings (SSSR count). The highest BCUT2D eigenvalue weighted by Crippen LogP contribution is 2.07. The third-order valence-corrected chi connectivity index (χ3v) is 5.94. The summed E-state index contributed by atoms with van der Waals surface area (Å²) in [4.78, 5) is 59.2. The average molecular weight is 734 g/mol. The summed E-state index contributed by atoms with van der Waals surface area (Å²) in [7, 11) is 0. The molecule has 0 radical (unpaired) electrons. The summed E-state index contributed by atoms with van der Waals surface area (Å²) in [6.07, 6.45) is 1.42. The van der Waals surface area contributed by atoms with Crippen LogP contribution in [0.1, 0.15) is 52.9 Å². The average Bonchev–Trinajstić information content (AvgIpc) is 3.07. The van der Waals surface area contributed by atoms with Crippen LogP contribution in [0, 0.1) is 0 Å². The van der Waals surface area contributed by atoms with Crippen LogP contribution >= 0.6 is 0 Å². The second-order valence-corrected chi connectivity index (χ2v) is 11.5. The first kappa shape index (κ1) is 47.2. The fourth-order valence-electron chi connectivity index (χ4n) is 3.73. The van der Waals surface area contributed by atoms with Crippen LogP contribution in [0.15, 0.2) is 10.2 Å². The van der Waals surface area contributed by atoms with Crippen LogP contribution in [-0.2, 0) is 52.4 Å². The van der Waals surface area contributed by atoms with Crippen molar-refractivity contribution in [1.82, 2.24) is 16.1 Å². The van der Waals surface area contributed by atoms with E-state index < -0.39 is 23.6 Å². The Labute approximate surface area is 298 Å². The molecule has 0 saturated heterocycles. The Morgan fingerprint density at radius 3 is 1.78 bits per heavy atom. The number of amides is 3. The summed E-state index contributed by atoms with van der Waals surface area (Å²) in [5.41, 5.74) is 18.0. The van der Waals surface area contributed by atoms with E-state index in [9.17, 15) is 19.2 Å². The number of Topliss-reactive ketones (excluding diaryl/α,β-unsaturated/α-hetero) is 1. The van der Waals surface area contributed by atoms with Gasteiger partial charge < -0.3 is 43.8 Å². The van der Waals surface area contributed by atoms with Crippen LogP contribution in [0.4, 0.5) is 4.79 Å². The van der Waals surface area contributed by atoms with Crippen LogP contribution in [0.5, 0.6) is 0 Å². The second kappa shape index (κ2) is 33.4. The van der Waals surface area contributed by atoms with Crippen molar-refractivity contribution < 1.29 is 57.2 Å². The van der Waals surface area contributed by atoms with Crippen molar-refractivity contribution in [3.8, 4) is 0 Å². The largest absolute Gasteiger partial charge is 0.442 e. The Morgan fingerprint density at radius 2 is 1.20 bits per heavy atom. The van der Waals surface area contributed by atoms with Crippen LogP contribution < -0.4 is 16.1 Å². The van der Waals surface area contributed by atoms with E-state index in [0.717, 1.165) is 0 Å². The third-order valence-electron chi connectivity index (χ3n) is 5.94. The third kappa shape index (κ3) is 34.4. The zero-order chi connectivity index (χ0) is 37.8. The Morgan fingerprint density at radius 1 is 0.667 bits per heavy atom. The SMILES string of the molecule is CC(C)(C)OC(=O)NOCCOCCOCCCC(=O)[C@H](CCCCNC(=O)COCCOCCN=[N+]=[N-])NC(=O)COCCOCCN=[N+]=[N-]. The minimum Gasteiger partial charge on any atom is -0.442 e. The van der Waals surface area contributed by atoms with Gasteiger partial charge in [-0.15, -0.1) is 0 Å². The van der Waals surface area contributed by atoms with Crippen molar-refractivity contribution in [2.45, 2.75) is 64.5 Å². The molecule has 0 aliphatic carbocycles. The molecule has 0 fully saturated rings. The highest BCUT2D eigenvalue weighted by molar-refractivity contribution is 5.89. The summed E-state index contributed by atoms with van der Waals surface area (Å²) in [5.74, 6) is -0.899. The first-order chi connectivity index (χ1) is 24.6. The van der Waals surface area contributed by atoms with Gasteiger partial charge in [-0.05, 0) is 57.5 Å². The lowest BCUT2D eigenvalue weighted by Gasteiger charge is -2.19. The number of carbonyl (C=O) groups excluding carboxylic acids is 4. The van der Waals surface area contributed by atoms with Gasteiger partial charge in [0, 0.05) is 42.5 Å². The van der Waals surface area contributed by atoms with E-state index in [2.05, 4.69) is 36.2 Å². The zero-order valence-electron chi connectivity index (χ0n) is 30.0. The fourth-order valence-corrected chi connectivity index (χ4v) is 3.73. The molecule has 21 heteroatoms.